The van der Waals surface area contributed by atoms with Gasteiger partial charge in [-0.25, -0.2) is 4.39 Å². The fraction of sp³-hybridized carbons (Fsp3) is 0.500. The summed E-state index contributed by atoms with van der Waals surface area (Å²) in [6.07, 6.45) is 0.795. The van der Waals surface area contributed by atoms with Crippen molar-refractivity contribution in [2.75, 3.05) is 33.2 Å². The number of benzene rings is 1. The summed E-state index contributed by atoms with van der Waals surface area (Å²) in [4.78, 5) is 30.0. The number of carbonyl (C=O) groups is 2. The van der Waals surface area contributed by atoms with Crippen LogP contribution in [0.25, 0.3) is 0 Å². The van der Waals surface area contributed by atoms with E-state index in [2.05, 4.69) is 17.3 Å². The summed E-state index contributed by atoms with van der Waals surface area (Å²) in [6.45, 7) is 9.03. The van der Waals surface area contributed by atoms with Gasteiger partial charge in [0, 0.05) is 51.0 Å². The van der Waals surface area contributed by atoms with E-state index in [1.807, 2.05) is 37.3 Å². The molecule has 0 bridgehead atoms. The Kier molecular flexibility index (Phi) is 7.15. The van der Waals surface area contributed by atoms with Gasteiger partial charge in [-0.3, -0.25) is 9.59 Å². The van der Waals surface area contributed by atoms with Gasteiger partial charge in [-0.1, -0.05) is 12.1 Å². The third-order valence-electron chi connectivity index (χ3n) is 6.46. The first-order valence-electron chi connectivity index (χ1n) is 10.9. The summed E-state index contributed by atoms with van der Waals surface area (Å²) >= 11 is 0. The lowest BCUT2D eigenvalue weighted by atomic mass is 10.0. The fourth-order valence-corrected chi connectivity index (χ4v) is 4.17. The van der Waals surface area contributed by atoms with Crippen molar-refractivity contribution >= 4 is 11.8 Å². The van der Waals surface area contributed by atoms with Gasteiger partial charge < -0.3 is 19.7 Å². The van der Waals surface area contributed by atoms with Gasteiger partial charge >= 0.3 is 0 Å². The van der Waals surface area contributed by atoms with E-state index in [0.29, 0.717) is 12.8 Å². The molecule has 0 unspecified atom stereocenters. The lowest BCUT2D eigenvalue weighted by Crippen LogP contribution is -2.47. The van der Waals surface area contributed by atoms with Crippen molar-refractivity contribution in [1.29, 1.82) is 0 Å². The van der Waals surface area contributed by atoms with Crippen molar-refractivity contribution in [1.82, 2.24) is 19.7 Å². The molecule has 168 valence electrons. The molecule has 1 aromatic heterocycles. The monoisotopic (exact) mass is 428 g/mol. The molecule has 1 saturated heterocycles. The lowest BCUT2D eigenvalue weighted by Gasteiger charge is -2.32. The first-order valence-corrected chi connectivity index (χ1v) is 10.9. The summed E-state index contributed by atoms with van der Waals surface area (Å²) in [7, 11) is 4.03. The zero-order chi connectivity index (χ0) is 22.7. The molecule has 0 spiro atoms. The highest BCUT2D eigenvalue weighted by Gasteiger charge is 2.27. The van der Waals surface area contributed by atoms with Crippen molar-refractivity contribution < 1.29 is 14.0 Å². The Bertz CT molecular complexity index is 943. The van der Waals surface area contributed by atoms with E-state index in [9.17, 15) is 14.0 Å². The largest absolute Gasteiger partial charge is 0.351 e. The van der Waals surface area contributed by atoms with Gasteiger partial charge in [0.05, 0.1) is 11.6 Å². The minimum Gasteiger partial charge on any atom is -0.351 e. The number of aromatic nitrogens is 1. The van der Waals surface area contributed by atoms with Gasteiger partial charge in [0.1, 0.15) is 5.82 Å². The molecule has 31 heavy (non-hydrogen) atoms. The van der Waals surface area contributed by atoms with Crippen molar-refractivity contribution in [3.05, 3.63) is 58.2 Å². The summed E-state index contributed by atoms with van der Waals surface area (Å²) < 4.78 is 15.2. The third kappa shape index (κ3) is 5.15. The van der Waals surface area contributed by atoms with Crippen LogP contribution < -0.4 is 5.32 Å². The summed E-state index contributed by atoms with van der Waals surface area (Å²) in [6, 6.07) is 5.93. The highest BCUT2D eigenvalue weighted by Crippen LogP contribution is 2.25. The first-order chi connectivity index (χ1) is 14.7. The maximum Gasteiger partial charge on any atom is 0.256 e. The number of amides is 2. The van der Waals surface area contributed by atoms with E-state index in [1.165, 1.54) is 12.1 Å². The van der Waals surface area contributed by atoms with Crippen LogP contribution in [0.15, 0.2) is 24.3 Å². The SMILES string of the molecule is Cc1c(CCC(=O)N[C@H](C)c2ccc(F)cc2)c(C(=O)N2CCN(C)CC2)c(C)n1C. The quantitative estimate of drug-likeness (QED) is 0.770. The molecule has 0 aliphatic carbocycles. The van der Waals surface area contributed by atoms with Gasteiger partial charge in [-0.05, 0) is 57.5 Å². The Morgan fingerprint density at radius 2 is 1.65 bits per heavy atom. The maximum absolute atomic E-state index is 13.3. The Balaban J connectivity index is 1.69. The molecular formula is C24H33FN4O2. The van der Waals surface area contributed by atoms with Crippen LogP contribution in [0.1, 0.15) is 52.3 Å². The van der Waals surface area contributed by atoms with Crippen LogP contribution >= 0.6 is 0 Å². The van der Waals surface area contributed by atoms with Crippen LogP contribution in [-0.4, -0.2) is 59.4 Å². The Labute approximate surface area is 184 Å². The molecule has 2 heterocycles. The van der Waals surface area contributed by atoms with Gasteiger partial charge in [0.25, 0.3) is 5.91 Å². The number of carbonyl (C=O) groups excluding carboxylic acids is 2. The first kappa shape index (κ1) is 23.0. The van der Waals surface area contributed by atoms with Crippen molar-refractivity contribution in [2.45, 2.75) is 39.7 Å². The highest BCUT2D eigenvalue weighted by molar-refractivity contribution is 5.97. The number of rotatable bonds is 6. The van der Waals surface area contributed by atoms with Gasteiger partial charge in [0.2, 0.25) is 5.91 Å². The van der Waals surface area contributed by atoms with Crippen molar-refractivity contribution in [3.8, 4) is 0 Å². The van der Waals surface area contributed by atoms with Crippen LogP contribution in [0.3, 0.4) is 0 Å². The van der Waals surface area contributed by atoms with Crippen molar-refractivity contribution in [3.63, 3.8) is 0 Å². The van der Waals surface area contributed by atoms with Gasteiger partial charge in [0.15, 0.2) is 0 Å². The third-order valence-corrected chi connectivity index (χ3v) is 6.46. The second kappa shape index (κ2) is 9.64. The zero-order valence-electron chi connectivity index (χ0n) is 19.2. The average molecular weight is 429 g/mol. The van der Waals surface area contributed by atoms with Gasteiger partial charge in [-0.15, -0.1) is 0 Å². The van der Waals surface area contributed by atoms with Gasteiger partial charge in [-0.2, -0.15) is 0 Å². The number of nitrogens with one attached hydrogen (secondary N) is 1. The Hall–Kier alpha value is -2.67. The summed E-state index contributed by atoms with van der Waals surface area (Å²) in [5, 5.41) is 2.97. The molecule has 6 nitrogen and oxygen atoms in total. The topological polar surface area (TPSA) is 57.6 Å². The second-order valence-corrected chi connectivity index (χ2v) is 8.52. The molecule has 1 aliphatic rings. The minimum atomic E-state index is -0.297. The normalized spacial score (nSPS) is 15.7. The molecule has 1 aliphatic heterocycles. The predicted molar refractivity (Wildman–Crippen MR) is 120 cm³/mol. The predicted octanol–water partition coefficient (Wildman–Crippen LogP) is 2.98. The molecule has 1 fully saturated rings. The van der Waals surface area contributed by atoms with E-state index in [0.717, 1.165) is 54.3 Å². The van der Waals surface area contributed by atoms with E-state index in [-0.39, 0.29) is 23.7 Å². The van der Waals surface area contributed by atoms with E-state index in [1.54, 1.807) is 12.1 Å². The smallest absolute Gasteiger partial charge is 0.256 e. The van der Waals surface area contributed by atoms with Crippen LogP contribution in [0.2, 0.25) is 0 Å². The van der Waals surface area contributed by atoms with Crippen LogP contribution in [0.5, 0.6) is 0 Å². The van der Waals surface area contributed by atoms with Crippen LogP contribution in [0.4, 0.5) is 4.39 Å². The van der Waals surface area contributed by atoms with Crippen LogP contribution in [-0.2, 0) is 18.3 Å². The number of halogens is 1. The summed E-state index contributed by atoms with van der Waals surface area (Å²) in [5.74, 6) is -0.324. The molecule has 3 rings (SSSR count). The lowest BCUT2D eigenvalue weighted by molar-refractivity contribution is -0.121. The number of hydrogen-bond acceptors (Lipinski definition) is 3. The van der Waals surface area contributed by atoms with E-state index in [4.69, 9.17) is 0 Å². The zero-order valence-corrected chi connectivity index (χ0v) is 19.2. The van der Waals surface area contributed by atoms with E-state index < -0.39 is 0 Å². The number of hydrogen-bond donors (Lipinski definition) is 1. The molecule has 1 N–H and O–H groups in total. The number of likely N-dealkylation sites (N-methyl/N-ethyl adjacent to an activating group) is 1. The molecule has 1 aromatic carbocycles. The second-order valence-electron chi connectivity index (χ2n) is 8.52. The van der Waals surface area contributed by atoms with Crippen molar-refractivity contribution in [2.24, 2.45) is 7.05 Å². The van der Waals surface area contributed by atoms with E-state index >= 15 is 0 Å². The number of nitrogens with zero attached hydrogens (tertiary/aromatic N) is 3. The maximum atomic E-state index is 13.3. The molecule has 0 radical (unpaired) electrons. The average Bonchev–Trinajstić information content (AvgIpc) is 2.96. The minimum absolute atomic E-state index is 0.0596. The molecule has 0 saturated carbocycles. The van der Waals surface area contributed by atoms with Crippen LogP contribution in [0, 0.1) is 19.7 Å². The molecule has 7 heteroatoms. The standard InChI is InChI=1S/C24H33FN4O2/c1-16(19-6-8-20(25)9-7-19)26-22(30)11-10-21-17(2)28(5)18(3)23(21)24(31)29-14-12-27(4)13-15-29/h6-9,16H,10-15H2,1-5H3,(H,26,30)/t16-/m1/s1. The Morgan fingerprint density at radius 3 is 2.26 bits per heavy atom. The molecular weight excluding hydrogens is 395 g/mol. The molecule has 2 amide bonds. The fourth-order valence-electron chi connectivity index (χ4n) is 4.17. The summed E-state index contributed by atoms with van der Waals surface area (Å²) in [5.41, 5.74) is 4.51. The number of piperazine rings is 1. The molecule has 1 atom stereocenters. The Morgan fingerprint density at radius 1 is 1.03 bits per heavy atom. The highest BCUT2D eigenvalue weighted by atomic mass is 19.1. The molecule has 2 aromatic rings.